The quantitative estimate of drug-likeness (QED) is 0.420. The maximum Gasteiger partial charge on any atom is 0.417 e. The smallest absolute Gasteiger partial charge is 0.398 e. The molecule has 4 radical (unpaired) electrons. The second-order valence-electron chi connectivity index (χ2n) is 11.5. The minimum atomic E-state index is -4.49. The normalized spacial score (nSPS) is 28.2. The Labute approximate surface area is 221 Å². The van der Waals surface area contributed by atoms with Crippen molar-refractivity contribution in [2.75, 3.05) is 19.7 Å². The number of likely N-dealkylation sites (tertiary alicyclic amines) is 1. The Morgan fingerprint density at radius 2 is 1.86 bits per heavy atom. The third-order valence-electron chi connectivity index (χ3n) is 8.07. The lowest BCUT2D eigenvalue weighted by atomic mass is 9.51. The molecule has 1 saturated carbocycles. The van der Waals surface area contributed by atoms with E-state index in [1.807, 2.05) is 0 Å². The number of fused-ring (bicyclic) bond motifs is 1. The second kappa shape index (κ2) is 10.9. The first-order valence-corrected chi connectivity index (χ1v) is 12.7. The van der Waals surface area contributed by atoms with E-state index >= 15 is 0 Å². The van der Waals surface area contributed by atoms with Crippen molar-refractivity contribution in [1.82, 2.24) is 9.88 Å². The minimum Gasteiger partial charge on any atom is -0.398 e. The zero-order chi connectivity index (χ0) is 27.6. The first-order valence-electron chi connectivity index (χ1n) is 12.7. The fourth-order valence-electron chi connectivity index (χ4n) is 5.92. The molecule has 3 heterocycles. The summed E-state index contributed by atoms with van der Waals surface area (Å²) in [6.45, 7) is 9.66. The molecule has 0 bridgehead atoms. The highest BCUT2D eigenvalue weighted by Crippen LogP contribution is 2.50. The Balaban J connectivity index is 0.000000209. The molecule has 0 aromatic carbocycles. The van der Waals surface area contributed by atoms with Crippen molar-refractivity contribution in [2.24, 2.45) is 34.5 Å². The number of ether oxygens (including phenoxy) is 1. The predicted octanol–water partition coefficient (Wildman–Crippen LogP) is 3.46. The van der Waals surface area contributed by atoms with Crippen LogP contribution >= 0.6 is 0 Å². The number of nitrogens with two attached hydrogens (primary N) is 3. The highest BCUT2D eigenvalue weighted by atomic mass is 19.4. The first-order chi connectivity index (χ1) is 17.1. The predicted molar refractivity (Wildman–Crippen MR) is 142 cm³/mol. The first kappa shape index (κ1) is 29.4. The molecule has 11 heteroatoms. The Bertz CT molecular complexity index is 1010. The molecule has 0 spiro atoms. The van der Waals surface area contributed by atoms with Gasteiger partial charge in [0.05, 0.1) is 32.7 Å². The number of nitrogens with zero attached hydrogens (tertiary/aromatic N) is 2. The van der Waals surface area contributed by atoms with E-state index in [1.165, 1.54) is 31.4 Å². The highest BCUT2D eigenvalue weighted by molar-refractivity contribution is 6.40. The van der Waals surface area contributed by atoms with Crippen molar-refractivity contribution in [3.63, 3.8) is 0 Å². The van der Waals surface area contributed by atoms with Crippen LogP contribution in [0.5, 0.6) is 0 Å². The van der Waals surface area contributed by atoms with Crippen LogP contribution in [0.3, 0.4) is 0 Å². The SMILES string of the molecule is NC(N)=C/C=C(\N)c1cnccc1C(F)(F)F.[B]C([B])(C1CCOC(C)(C)C1)N1CC2CCCC2(C)C1. The lowest BCUT2D eigenvalue weighted by molar-refractivity contribution is -0.137. The Morgan fingerprint density at radius 3 is 2.46 bits per heavy atom. The fraction of sp³-hybridized carbons (Fsp3) is 0.654. The van der Waals surface area contributed by atoms with Crippen LogP contribution in [-0.4, -0.2) is 56.2 Å². The van der Waals surface area contributed by atoms with Crippen LogP contribution < -0.4 is 17.2 Å². The van der Waals surface area contributed by atoms with E-state index in [2.05, 4.69) is 30.7 Å². The summed E-state index contributed by atoms with van der Waals surface area (Å²) < 4.78 is 43.7. The monoisotopic (exact) mass is 515 g/mol. The largest absolute Gasteiger partial charge is 0.417 e. The Morgan fingerprint density at radius 1 is 1.16 bits per heavy atom. The van der Waals surface area contributed by atoms with Gasteiger partial charge in [-0.1, -0.05) is 18.7 Å². The van der Waals surface area contributed by atoms with Gasteiger partial charge in [0.2, 0.25) is 0 Å². The van der Waals surface area contributed by atoms with Crippen LogP contribution in [-0.2, 0) is 10.9 Å². The summed E-state index contributed by atoms with van der Waals surface area (Å²) in [7, 11) is 13.3. The third-order valence-corrected chi connectivity index (χ3v) is 8.07. The zero-order valence-electron chi connectivity index (χ0n) is 22.0. The Kier molecular flexibility index (Phi) is 8.69. The van der Waals surface area contributed by atoms with Gasteiger partial charge in [-0.3, -0.25) is 4.98 Å². The van der Waals surface area contributed by atoms with Crippen LogP contribution in [0, 0.1) is 17.3 Å². The van der Waals surface area contributed by atoms with Crippen molar-refractivity contribution in [1.29, 1.82) is 0 Å². The van der Waals surface area contributed by atoms with Crippen molar-refractivity contribution in [2.45, 2.75) is 70.0 Å². The molecule has 0 amide bonds. The molecule has 6 N–H and O–H groups in total. The van der Waals surface area contributed by atoms with Crippen LogP contribution in [0.1, 0.15) is 64.0 Å². The maximum absolute atomic E-state index is 12.6. The van der Waals surface area contributed by atoms with E-state index in [0.29, 0.717) is 11.3 Å². The fourth-order valence-corrected chi connectivity index (χ4v) is 5.92. The number of rotatable bonds is 4. The zero-order valence-corrected chi connectivity index (χ0v) is 22.0. The molecule has 2 aliphatic heterocycles. The molecule has 37 heavy (non-hydrogen) atoms. The topological polar surface area (TPSA) is 103 Å². The number of allylic oxidation sites excluding steroid dienone is 2. The molecule has 3 fully saturated rings. The number of hydrogen-bond donors (Lipinski definition) is 3. The number of pyridine rings is 1. The van der Waals surface area contributed by atoms with Crippen LogP contribution in [0.2, 0.25) is 0 Å². The van der Waals surface area contributed by atoms with Crippen LogP contribution in [0.25, 0.3) is 5.70 Å². The van der Waals surface area contributed by atoms with Gasteiger partial charge in [0, 0.05) is 43.4 Å². The lowest BCUT2D eigenvalue weighted by Gasteiger charge is -2.49. The van der Waals surface area contributed by atoms with Crippen molar-refractivity contribution >= 4 is 21.4 Å². The molecule has 1 aromatic rings. The summed E-state index contributed by atoms with van der Waals surface area (Å²) in [6, 6.07) is 0.853. The van der Waals surface area contributed by atoms with E-state index in [-0.39, 0.29) is 22.7 Å². The molecule has 3 atom stereocenters. The number of hydrogen-bond acceptors (Lipinski definition) is 6. The molecule has 200 valence electrons. The molecule has 3 unspecified atom stereocenters. The average molecular weight is 515 g/mol. The van der Waals surface area contributed by atoms with Crippen molar-refractivity contribution in [3.8, 4) is 0 Å². The standard InChI is InChI=1S/C16H27B2NO.C10H11F3N4/c1-14(2)9-12(6-8-20-14)16(17,18)19-10-13-5-4-7-15(13,3)11-19;11-10(12,13)7-3-4-17-5-6(7)8(14)1-2-9(15)16/h12-13H,4-11H2,1-3H3;1-5H,14-16H2/b;8-1-. The molecule has 4 rings (SSSR count). The van der Waals surface area contributed by atoms with Crippen molar-refractivity contribution < 1.29 is 17.9 Å². The van der Waals surface area contributed by atoms with Gasteiger partial charge in [0.15, 0.2) is 0 Å². The van der Waals surface area contributed by atoms with E-state index in [9.17, 15) is 13.2 Å². The van der Waals surface area contributed by atoms with E-state index < -0.39 is 17.1 Å². The van der Waals surface area contributed by atoms with Gasteiger partial charge < -0.3 is 26.8 Å². The summed E-state index contributed by atoms with van der Waals surface area (Å²) in [5.74, 6) is 1.07. The van der Waals surface area contributed by atoms with Gasteiger partial charge in [0.25, 0.3) is 0 Å². The van der Waals surface area contributed by atoms with Gasteiger partial charge in [-0.05, 0) is 75.0 Å². The van der Waals surface area contributed by atoms with E-state index in [4.69, 9.17) is 37.6 Å². The van der Waals surface area contributed by atoms with E-state index in [1.54, 1.807) is 0 Å². The lowest BCUT2D eigenvalue weighted by Crippen LogP contribution is -2.58. The minimum absolute atomic E-state index is 0.0506. The van der Waals surface area contributed by atoms with E-state index in [0.717, 1.165) is 56.9 Å². The van der Waals surface area contributed by atoms with Gasteiger partial charge in [-0.25, -0.2) is 0 Å². The van der Waals surface area contributed by atoms with Gasteiger partial charge in [-0.2, -0.15) is 13.2 Å². The summed E-state index contributed by atoms with van der Waals surface area (Å²) in [5, 5.41) is -0.672. The summed E-state index contributed by atoms with van der Waals surface area (Å²) in [5.41, 5.74) is 15.0. The number of halogens is 3. The average Bonchev–Trinajstić information content (AvgIpc) is 3.32. The molecule has 6 nitrogen and oxygen atoms in total. The molecular formula is C26H38B2F3N5O. The third kappa shape index (κ3) is 7.05. The maximum atomic E-state index is 12.6. The molecule has 3 aliphatic rings. The summed E-state index contributed by atoms with van der Waals surface area (Å²) in [6.07, 6.45) is 6.00. The molecule has 1 aromatic heterocycles. The number of aromatic nitrogens is 1. The summed E-state index contributed by atoms with van der Waals surface area (Å²) in [4.78, 5) is 5.98. The molecular weight excluding hydrogens is 477 g/mol. The van der Waals surface area contributed by atoms with Gasteiger partial charge in [0.1, 0.15) is 0 Å². The second-order valence-corrected chi connectivity index (χ2v) is 11.5. The molecule has 1 aliphatic carbocycles. The highest BCUT2D eigenvalue weighted by Gasteiger charge is 2.51. The van der Waals surface area contributed by atoms with Crippen molar-refractivity contribution in [3.05, 3.63) is 47.6 Å². The van der Waals surface area contributed by atoms with Crippen LogP contribution in [0.15, 0.2) is 36.4 Å². The van der Waals surface area contributed by atoms with Gasteiger partial charge in [-0.15, -0.1) is 0 Å². The van der Waals surface area contributed by atoms with Gasteiger partial charge >= 0.3 is 6.18 Å². The van der Waals surface area contributed by atoms with Crippen LogP contribution in [0.4, 0.5) is 13.2 Å². The number of alkyl halides is 3. The Hall–Kier alpha value is -2.13. The molecule has 2 saturated heterocycles. The summed E-state index contributed by atoms with van der Waals surface area (Å²) >= 11 is 0.